The van der Waals surface area contributed by atoms with E-state index in [1.54, 1.807) is 19.1 Å². The van der Waals surface area contributed by atoms with Crippen LogP contribution in [0.15, 0.2) is 12.1 Å². The lowest BCUT2D eigenvalue weighted by Crippen LogP contribution is -2.40. The van der Waals surface area contributed by atoms with E-state index in [4.69, 9.17) is 10.5 Å². The van der Waals surface area contributed by atoms with E-state index < -0.39 is 11.3 Å². The van der Waals surface area contributed by atoms with Crippen molar-refractivity contribution in [3.8, 4) is 5.75 Å². The van der Waals surface area contributed by atoms with Crippen LogP contribution in [0.25, 0.3) is 0 Å². The van der Waals surface area contributed by atoms with Gasteiger partial charge in [-0.05, 0) is 31.0 Å². The molecule has 0 saturated heterocycles. The van der Waals surface area contributed by atoms with Crippen LogP contribution in [0, 0.1) is 19.3 Å². The van der Waals surface area contributed by atoms with E-state index in [9.17, 15) is 8.78 Å². The maximum Gasteiger partial charge on any atom is 0.283 e. The van der Waals surface area contributed by atoms with E-state index in [0.717, 1.165) is 5.56 Å². The van der Waals surface area contributed by atoms with Gasteiger partial charge in [0, 0.05) is 12.0 Å². The number of benzene rings is 1. The third-order valence-electron chi connectivity index (χ3n) is 3.34. The Kier molecular flexibility index (Phi) is 4.01. The molecule has 4 heteroatoms. The zero-order chi connectivity index (χ0) is 14.1. The molecule has 1 rings (SSSR count). The van der Waals surface area contributed by atoms with E-state index in [2.05, 4.69) is 0 Å². The summed E-state index contributed by atoms with van der Waals surface area (Å²) in [6, 6.07) is 3.36. The molecule has 0 bridgehead atoms. The standard InChI is InChI=1S/C14H21F2NO/c1-9-6-10(2)12(11(7-9)18-5)14(15,16)13(3,4)8-17/h6-7H,8,17H2,1-5H3. The van der Waals surface area contributed by atoms with Gasteiger partial charge in [-0.3, -0.25) is 0 Å². The first-order valence-electron chi connectivity index (χ1n) is 5.91. The van der Waals surface area contributed by atoms with Gasteiger partial charge in [0.15, 0.2) is 0 Å². The van der Waals surface area contributed by atoms with E-state index in [1.807, 2.05) is 6.92 Å². The Bertz CT molecular complexity index is 442. The van der Waals surface area contributed by atoms with Crippen LogP contribution in [0.3, 0.4) is 0 Å². The molecule has 0 spiro atoms. The van der Waals surface area contributed by atoms with Crippen LogP contribution < -0.4 is 10.5 Å². The van der Waals surface area contributed by atoms with Gasteiger partial charge in [0.1, 0.15) is 5.75 Å². The Balaban J connectivity index is 3.49. The zero-order valence-electron chi connectivity index (χ0n) is 11.6. The van der Waals surface area contributed by atoms with Crippen LogP contribution in [0.5, 0.6) is 5.75 Å². The molecule has 0 heterocycles. The van der Waals surface area contributed by atoms with Gasteiger partial charge in [-0.1, -0.05) is 19.9 Å². The minimum Gasteiger partial charge on any atom is -0.496 e. The first-order valence-corrected chi connectivity index (χ1v) is 5.91. The molecule has 0 amide bonds. The number of nitrogens with two attached hydrogens (primary N) is 1. The fourth-order valence-electron chi connectivity index (χ4n) is 1.96. The first kappa shape index (κ1) is 14.9. The van der Waals surface area contributed by atoms with Crippen molar-refractivity contribution in [2.24, 2.45) is 11.1 Å². The van der Waals surface area contributed by atoms with Crippen LogP contribution in [0.4, 0.5) is 8.78 Å². The summed E-state index contributed by atoms with van der Waals surface area (Å²) in [6.07, 6.45) is 0. The molecule has 0 aliphatic rings. The number of aryl methyl sites for hydroxylation is 2. The molecular formula is C14H21F2NO. The molecule has 0 saturated carbocycles. The number of hydrogen-bond acceptors (Lipinski definition) is 2. The van der Waals surface area contributed by atoms with Crippen molar-refractivity contribution in [1.29, 1.82) is 0 Å². The monoisotopic (exact) mass is 257 g/mol. The maximum absolute atomic E-state index is 14.6. The topological polar surface area (TPSA) is 35.2 Å². The SMILES string of the molecule is COc1cc(C)cc(C)c1C(F)(F)C(C)(C)CN. The smallest absolute Gasteiger partial charge is 0.283 e. The molecule has 1 aromatic rings. The molecule has 102 valence electrons. The van der Waals surface area contributed by atoms with E-state index in [0.29, 0.717) is 5.56 Å². The fraction of sp³-hybridized carbons (Fsp3) is 0.571. The van der Waals surface area contributed by atoms with E-state index in [1.165, 1.54) is 21.0 Å². The van der Waals surface area contributed by atoms with E-state index >= 15 is 0 Å². The minimum absolute atomic E-state index is 0.0638. The third kappa shape index (κ3) is 2.34. The van der Waals surface area contributed by atoms with E-state index in [-0.39, 0.29) is 17.9 Å². The average Bonchev–Trinajstić information content (AvgIpc) is 2.26. The lowest BCUT2D eigenvalue weighted by atomic mass is 9.79. The Morgan fingerprint density at radius 2 is 1.78 bits per heavy atom. The molecule has 2 N–H and O–H groups in total. The molecule has 0 aliphatic heterocycles. The summed E-state index contributed by atoms with van der Waals surface area (Å²) >= 11 is 0. The molecule has 2 nitrogen and oxygen atoms in total. The Hall–Kier alpha value is -1.16. The minimum atomic E-state index is -3.04. The number of methoxy groups -OCH3 is 1. The Labute approximate surface area is 107 Å². The number of hydrogen-bond donors (Lipinski definition) is 1. The van der Waals surface area contributed by atoms with Crippen molar-refractivity contribution < 1.29 is 13.5 Å². The summed E-state index contributed by atoms with van der Waals surface area (Å²) in [7, 11) is 1.41. The van der Waals surface area contributed by atoms with Gasteiger partial charge in [-0.15, -0.1) is 0 Å². The molecule has 18 heavy (non-hydrogen) atoms. The summed E-state index contributed by atoms with van der Waals surface area (Å²) < 4.78 is 34.3. The van der Waals surface area contributed by atoms with Crippen molar-refractivity contribution in [2.75, 3.05) is 13.7 Å². The zero-order valence-corrected chi connectivity index (χ0v) is 11.6. The maximum atomic E-state index is 14.6. The summed E-state index contributed by atoms with van der Waals surface area (Å²) in [5.41, 5.74) is 5.52. The van der Waals surface area contributed by atoms with Crippen molar-refractivity contribution in [3.05, 3.63) is 28.8 Å². The fourth-order valence-corrected chi connectivity index (χ4v) is 1.96. The molecule has 0 aliphatic carbocycles. The molecule has 0 fully saturated rings. The molecule has 0 unspecified atom stereocenters. The Morgan fingerprint density at radius 1 is 1.22 bits per heavy atom. The van der Waals surface area contributed by atoms with Gasteiger partial charge >= 0.3 is 0 Å². The highest BCUT2D eigenvalue weighted by atomic mass is 19.3. The second-order valence-corrected chi connectivity index (χ2v) is 5.32. The van der Waals surface area contributed by atoms with Crippen molar-refractivity contribution >= 4 is 0 Å². The van der Waals surface area contributed by atoms with Crippen LogP contribution >= 0.6 is 0 Å². The summed E-state index contributed by atoms with van der Waals surface area (Å²) in [5, 5.41) is 0. The first-order chi connectivity index (χ1) is 8.17. The van der Waals surface area contributed by atoms with Gasteiger partial charge in [-0.25, -0.2) is 8.78 Å². The van der Waals surface area contributed by atoms with Gasteiger partial charge in [0.05, 0.1) is 12.7 Å². The average molecular weight is 257 g/mol. The van der Waals surface area contributed by atoms with Gasteiger partial charge in [0.2, 0.25) is 0 Å². The van der Waals surface area contributed by atoms with Crippen LogP contribution in [0.2, 0.25) is 0 Å². The predicted molar refractivity (Wildman–Crippen MR) is 69.2 cm³/mol. The molecular weight excluding hydrogens is 236 g/mol. The van der Waals surface area contributed by atoms with Crippen LogP contribution in [0.1, 0.15) is 30.5 Å². The molecule has 0 aromatic heterocycles. The highest BCUT2D eigenvalue weighted by Crippen LogP contribution is 2.48. The highest BCUT2D eigenvalue weighted by molar-refractivity contribution is 5.46. The van der Waals surface area contributed by atoms with Gasteiger partial charge in [0.25, 0.3) is 5.92 Å². The van der Waals surface area contributed by atoms with Gasteiger partial charge < -0.3 is 10.5 Å². The highest BCUT2D eigenvalue weighted by Gasteiger charge is 2.49. The third-order valence-corrected chi connectivity index (χ3v) is 3.34. The lowest BCUT2D eigenvalue weighted by Gasteiger charge is -2.35. The summed E-state index contributed by atoms with van der Waals surface area (Å²) in [4.78, 5) is 0. The number of halogens is 2. The molecule has 1 aromatic carbocycles. The van der Waals surface area contributed by atoms with Crippen LogP contribution in [-0.2, 0) is 5.92 Å². The van der Waals surface area contributed by atoms with Crippen molar-refractivity contribution in [1.82, 2.24) is 0 Å². The van der Waals surface area contributed by atoms with Gasteiger partial charge in [-0.2, -0.15) is 0 Å². The second-order valence-electron chi connectivity index (χ2n) is 5.32. The summed E-state index contributed by atoms with van der Waals surface area (Å²) in [5.74, 6) is -2.82. The number of rotatable bonds is 4. The summed E-state index contributed by atoms with van der Waals surface area (Å²) in [6.45, 7) is 6.35. The normalized spacial score (nSPS) is 12.7. The number of alkyl halides is 2. The predicted octanol–water partition coefficient (Wildman–Crippen LogP) is 3.39. The van der Waals surface area contributed by atoms with Crippen molar-refractivity contribution in [2.45, 2.75) is 33.6 Å². The lowest BCUT2D eigenvalue weighted by molar-refractivity contribution is -0.110. The van der Waals surface area contributed by atoms with Crippen LogP contribution in [-0.4, -0.2) is 13.7 Å². The second kappa shape index (κ2) is 4.84. The Morgan fingerprint density at radius 3 is 2.22 bits per heavy atom. The number of ether oxygens (including phenoxy) is 1. The molecule has 0 atom stereocenters. The quantitative estimate of drug-likeness (QED) is 0.897. The molecule has 0 radical (unpaired) electrons. The van der Waals surface area contributed by atoms with Crippen molar-refractivity contribution in [3.63, 3.8) is 0 Å². The largest absolute Gasteiger partial charge is 0.496 e.